The van der Waals surface area contributed by atoms with Crippen LogP contribution in [0.15, 0.2) is 12.3 Å². The van der Waals surface area contributed by atoms with Gasteiger partial charge in [-0.15, -0.1) is 0 Å². The van der Waals surface area contributed by atoms with Crippen LogP contribution in [0.3, 0.4) is 0 Å². The number of carboxylic acid groups (broad SMARTS) is 1. The maximum Gasteiger partial charge on any atom is 0.339 e. The van der Waals surface area contributed by atoms with Crippen LogP contribution in [0, 0.1) is 12.8 Å². The first kappa shape index (κ1) is 13.8. The second kappa shape index (κ2) is 6.04. The zero-order valence-corrected chi connectivity index (χ0v) is 11.6. The van der Waals surface area contributed by atoms with Gasteiger partial charge in [0, 0.05) is 12.2 Å². The van der Waals surface area contributed by atoms with E-state index < -0.39 is 5.97 Å². The first-order chi connectivity index (χ1) is 9.13. The Morgan fingerprint density at radius 2 is 2.21 bits per heavy atom. The Bertz CT molecular complexity index is 459. The molecule has 2 unspecified atom stereocenters. The van der Waals surface area contributed by atoms with E-state index in [1.165, 1.54) is 19.3 Å². The van der Waals surface area contributed by atoms with Crippen LogP contribution in [-0.4, -0.2) is 22.1 Å². The number of carbonyl (C=O) groups is 1. The Hall–Kier alpha value is -1.58. The third-order valence-electron chi connectivity index (χ3n) is 4.13. The number of aromatic nitrogens is 1. The topological polar surface area (TPSA) is 62.2 Å². The van der Waals surface area contributed by atoms with Gasteiger partial charge in [-0.3, -0.25) is 0 Å². The van der Waals surface area contributed by atoms with E-state index in [1.54, 1.807) is 12.3 Å². The number of anilines is 1. The molecule has 2 N–H and O–H groups in total. The fraction of sp³-hybridized carbons (Fsp3) is 0.600. The quantitative estimate of drug-likeness (QED) is 0.872. The lowest BCUT2D eigenvalue weighted by atomic mass is 9.83. The first-order valence-corrected chi connectivity index (χ1v) is 7.09. The number of hydrogen-bond donors (Lipinski definition) is 2. The van der Waals surface area contributed by atoms with Crippen molar-refractivity contribution in [1.82, 2.24) is 4.98 Å². The van der Waals surface area contributed by atoms with Crippen LogP contribution in [0.2, 0.25) is 0 Å². The van der Waals surface area contributed by atoms with Crippen molar-refractivity contribution in [3.63, 3.8) is 0 Å². The molecule has 0 amide bonds. The van der Waals surface area contributed by atoms with Crippen molar-refractivity contribution in [3.8, 4) is 0 Å². The summed E-state index contributed by atoms with van der Waals surface area (Å²) in [6, 6.07) is 2.10. The van der Waals surface area contributed by atoms with Gasteiger partial charge in [-0.05, 0) is 37.3 Å². The van der Waals surface area contributed by atoms with Crippen molar-refractivity contribution in [2.24, 2.45) is 5.92 Å². The molecule has 1 aliphatic carbocycles. The van der Waals surface area contributed by atoms with Crippen LogP contribution in [-0.2, 0) is 0 Å². The first-order valence-electron chi connectivity index (χ1n) is 7.09. The molecule has 2 atom stereocenters. The maximum absolute atomic E-state index is 11.4. The third kappa shape index (κ3) is 3.06. The minimum Gasteiger partial charge on any atom is -0.478 e. The number of aromatic carboxylic acids is 1. The van der Waals surface area contributed by atoms with Crippen LogP contribution in [0.5, 0.6) is 0 Å². The van der Waals surface area contributed by atoms with Crippen molar-refractivity contribution in [2.45, 2.75) is 52.0 Å². The number of hydrogen-bond acceptors (Lipinski definition) is 3. The molecular weight excluding hydrogens is 240 g/mol. The Morgan fingerprint density at radius 1 is 1.47 bits per heavy atom. The SMILES string of the molecule is CCC1CCCCC1Nc1nccc(C)c1C(=O)O. The highest BCUT2D eigenvalue weighted by Crippen LogP contribution is 2.30. The fourth-order valence-corrected chi connectivity index (χ4v) is 3.00. The number of carboxylic acids is 1. The molecule has 1 saturated carbocycles. The van der Waals surface area contributed by atoms with Crippen molar-refractivity contribution in [2.75, 3.05) is 5.32 Å². The molecule has 0 aromatic carbocycles. The minimum atomic E-state index is -0.906. The molecule has 2 rings (SSSR count). The highest BCUT2D eigenvalue weighted by molar-refractivity contribution is 5.94. The van der Waals surface area contributed by atoms with E-state index in [0.717, 1.165) is 18.4 Å². The Labute approximate surface area is 114 Å². The summed E-state index contributed by atoms with van der Waals surface area (Å²) >= 11 is 0. The standard InChI is InChI=1S/C15H22N2O2/c1-3-11-6-4-5-7-12(11)17-14-13(15(18)19)10(2)8-9-16-14/h8-9,11-12H,3-7H2,1-2H3,(H,16,17)(H,18,19). The average Bonchev–Trinajstić information content (AvgIpc) is 2.39. The lowest BCUT2D eigenvalue weighted by molar-refractivity contribution is 0.0696. The molecule has 4 nitrogen and oxygen atoms in total. The van der Waals surface area contributed by atoms with Gasteiger partial charge in [-0.1, -0.05) is 26.2 Å². The summed E-state index contributed by atoms with van der Waals surface area (Å²) < 4.78 is 0. The molecule has 4 heteroatoms. The lowest BCUT2D eigenvalue weighted by Crippen LogP contribution is -2.32. The van der Waals surface area contributed by atoms with Crippen molar-refractivity contribution in [3.05, 3.63) is 23.4 Å². The van der Waals surface area contributed by atoms with Gasteiger partial charge in [-0.2, -0.15) is 0 Å². The Balaban J connectivity index is 2.22. The molecule has 0 saturated heterocycles. The van der Waals surface area contributed by atoms with Crippen molar-refractivity contribution in [1.29, 1.82) is 0 Å². The molecule has 0 bridgehead atoms. The van der Waals surface area contributed by atoms with E-state index in [9.17, 15) is 9.90 Å². The summed E-state index contributed by atoms with van der Waals surface area (Å²) in [5.41, 5.74) is 1.07. The summed E-state index contributed by atoms with van der Waals surface area (Å²) in [7, 11) is 0. The molecular formula is C15H22N2O2. The monoisotopic (exact) mass is 262 g/mol. The number of rotatable bonds is 4. The van der Waals surface area contributed by atoms with Crippen LogP contribution in [0.1, 0.15) is 54.9 Å². The molecule has 0 aliphatic heterocycles. The Morgan fingerprint density at radius 3 is 2.89 bits per heavy atom. The molecule has 1 aliphatic rings. The van der Waals surface area contributed by atoms with Gasteiger partial charge in [0.2, 0.25) is 0 Å². The van der Waals surface area contributed by atoms with Gasteiger partial charge in [0.15, 0.2) is 0 Å². The van der Waals surface area contributed by atoms with E-state index in [1.807, 2.05) is 6.92 Å². The average molecular weight is 262 g/mol. The van der Waals surface area contributed by atoms with E-state index in [-0.39, 0.29) is 0 Å². The molecule has 1 fully saturated rings. The summed E-state index contributed by atoms with van der Waals surface area (Å²) in [6.45, 7) is 4.01. The smallest absolute Gasteiger partial charge is 0.339 e. The predicted molar refractivity (Wildman–Crippen MR) is 75.6 cm³/mol. The fourth-order valence-electron chi connectivity index (χ4n) is 3.00. The van der Waals surface area contributed by atoms with E-state index in [4.69, 9.17) is 0 Å². The largest absolute Gasteiger partial charge is 0.478 e. The maximum atomic E-state index is 11.4. The van der Waals surface area contributed by atoms with Crippen LogP contribution in [0.4, 0.5) is 5.82 Å². The van der Waals surface area contributed by atoms with Gasteiger partial charge in [0.1, 0.15) is 11.4 Å². The van der Waals surface area contributed by atoms with Crippen molar-refractivity contribution < 1.29 is 9.90 Å². The summed E-state index contributed by atoms with van der Waals surface area (Å²) in [6.07, 6.45) is 7.63. The van der Waals surface area contributed by atoms with Crippen LogP contribution < -0.4 is 5.32 Å². The minimum absolute atomic E-state index is 0.308. The zero-order chi connectivity index (χ0) is 13.8. The Kier molecular flexibility index (Phi) is 4.40. The number of nitrogens with zero attached hydrogens (tertiary/aromatic N) is 1. The molecule has 19 heavy (non-hydrogen) atoms. The predicted octanol–water partition coefficient (Wildman–Crippen LogP) is 3.47. The van der Waals surface area contributed by atoms with E-state index >= 15 is 0 Å². The number of aryl methyl sites for hydroxylation is 1. The summed E-state index contributed by atoms with van der Waals surface area (Å²) in [4.78, 5) is 15.6. The van der Waals surface area contributed by atoms with Crippen LogP contribution >= 0.6 is 0 Å². The van der Waals surface area contributed by atoms with Gasteiger partial charge < -0.3 is 10.4 Å². The molecule has 0 radical (unpaired) electrons. The van der Waals surface area contributed by atoms with E-state index in [2.05, 4.69) is 17.2 Å². The number of nitrogens with one attached hydrogen (secondary N) is 1. The summed E-state index contributed by atoms with van der Waals surface area (Å²) in [5.74, 6) is 0.243. The van der Waals surface area contributed by atoms with Gasteiger partial charge in [0.25, 0.3) is 0 Å². The van der Waals surface area contributed by atoms with E-state index in [0.29, 0.717) is 23.3 Å². The van der Waals surface area contributed by atoms with Crippen LogP contribution in [0.25, 0.3) is 0 Å². The molecule has 1 aromatic heterocycles. The highest BCUT2D eigenvalue weighted by Gasteiger charge is 2.25. The third-order valence-corrected chi connectivity index (χ3v) is 4.13. The van der Waals surface area contributed by atoms with Gasteiger partial charge >= 0.3 is 5.97 Å². The summed E-state index contributed by atoms with van der Waals surface area (Å²) in [5, 5.41) is 12.7. The number of pyridine rings is 1. The molecule has 0 spiro atoms. The normalized spacial score (nSPS) is 23.1. The molecule has 1 aromatic rings. The zero-order valence-electron chi connectivity index (χ0n) is 11.6. The van der Waals surface area contributed by atoms with Gasteiger partial charge in [0.05, 0.1) is 0 Å². The molecule has 104 valence electrons. The van der Waals surface area contributed by atoms with Crippen molar-refractivity contribution >= 4 is 11.8 Å². The second-order valence-corrected chi connectivity index (χ2v) is 5.36. The van der Waals surface area contributed by atoms with Gasteiger partial charge in [-0.25, -0.2) is 9.78 Å². The highest BCUT2D eigenvalue weighted by atomic mass is 16.4. The second-order valence-electron chi connectivity index (χ2n) is 5.36. The lowest BCUT2D eigenvalue weighted by Gasteiger charge is -2.32. The molecule has 1 heterocycles.